The number of nitrogens with zero attached hydrogens (tertiary/aromatic N) is 1. The van der Waals surface area contributed by atoms with Gasteiger partial charge in [0.15, 0.2) is 0 Å². The fourth-order valence-corrected chi connectivity index (χ4v) is 2.40. The summed E-state index contributed by atoms with van der Waals surface area (Å²) in [5, 5.41) is 3.46. The molecular formula is C16H26N2O2. The molecule has 4 nitrogen and oxygen atoms in total. The minimum absolute atomic E-state index is 0.671. The molecule has 0 aromatic heterocycles. The van der Waals surface area contributed by atoms with Gasteiger partial charge in [-0.15, -0.1) is 0 Å². The average Bonchev–Trinajstić information content (AvgIpc) is 2.47. The first-order valence-corrected chi connectivity index (χ1v) is 7.41. The van der Waals surface area contributed by atoms with Crippen LogP contribution in [0.1, 0.15) is 19.4 Å². The molecule has 0 bridgehead atoms. The molecule has 0 radical (unpaired) electrons. The second kappa shape index (κ2) is 7.50. The predicted octanol–water partition coefficient (Wildman–Crippen LogP) is 2.28. The maximum atomic E-state index is 5.56. The van der Waals surface area contributed by atoms with Gasteiger partial charge in [-0.25, -0.2) is 0 Å². The normalized spacial score (nSPS) is 15.7. The quantitative estimate of drug-likeness (QED) is 0.865. The molecule has 0 spiro atoms. The first kappa shape index (κ1) is 15.1. The monoisotopic (exact) mass is 278 g/mol. The van der Waals surface area contributed by atoms with E-state index >= 15 is 0 Å². The summed E-state index contributed by atoms with van der Waals surface area (Å²) in [4.78, 5) is 2.33. The largest absolute Gasteiger partial charge is 0.495 e. The molecule has 0 atom stereocenters. The molecule has 2 rings (SSSR count). The summed E-state index contributed by atoms with van der Waals surface area (Å²) < 4.78 is 11.0. The van der Waals surface area contributed by atoms with E-state index < -0.39 is 0 Å². The van der Waals surface area contributed by atoms with Crippen molar-refractivity contribution in [1.82, 2.24) is 5.32 Å². The molecule has 1 aliphatic heterocycles. The lowest BCUT2D eigenvalue weighted by Crippen LogP contribution is -2.36. The maximum Gasteiger partial charge on any atom is 0.142 e. The highest BCUT2D eigenvalue weighted by atomic mass is 16.5. The summed E-state index contributed by atoms with van der Waals surface area (Å²) in [6.07, 6.45) is 0. The van der Waals surface area contributed by atoms with Crippen molar-refractivity contribution in [2.24, 2.45) is 5.92 Å². The van der Waals surface area contributed by atoms with Gasteiger partial charge in [0.05, 0.1) is 26.0 Å². The highest BCUT2D eigenvalue weighted by Crippen LogP contribution is 2.29. The molecule has 0 saturated carbocycles. The maximum absolute atomic E-state index is 5.56. The number of hydrogen-bond donors (Lipinski definition) is 1. The van der Waals surface area contributed by atoms with E-state index in [1.807, 2.05) is 0 Å². The van der Waals surface area contributed by atoms with Crippen molar-refractivity contribution in [3.8, 4) is 5.75 Å². The number of ether oxygens (including phenoxy) is 2. The van der Waals surface area contributed by atoms with Crippen LogP contribution < -0.4 is 15.0 Å². The Hall–Kier alpha value is -1.26. The molecule has 0 amide bonds. The molecule has 20 heavy (non-hydrogen) atoms. The molecule has 1 aromatic rings. The number of morpholine rings is 1. The van der Waals surface area contributed by atoms with Gasteiger partial charge in [0, 0.05) is 19.6 Å². The Bertz CT molecular complexity index is 415. The van der Waals surface area contributed by atoms with Gasteiger partial charge >= 0.3 is 0 Å². The van der Waals surface area contributed by atoms with Crippen LogP contribution in [0.4, 0.5) is 5.69 Å². The highest BCUT2D eigenvalue weighted by Gasteiger charge is 2.15. The third-order valence-electron chi connectivity index (χ3n) is 3.48. The van der Waals surface area contributed by atoms with Gasteiger partial charge in [-0.05, 0) is 30.2 Å². The Morgan fingerprint density at radius 2 is 2.05 bits per heavy atom. The van der Waals surface area contributed by atoms with E-state index in [2.05, 4.69) is 42.3 Å². The zero-order valence-corrected chi connectivity index (χ0v) is 12.8. The molecule has 1 saturated heterocycles. The van der Waals surface area contributed by atoms with Gasteiger partial charge in [-0.3, -0.25) is 0 Å². The Kier molecular flexibility index (Phi) is 5.68. The minimum Gasteiger partial charge on any atom is -0.495 e. The van der Waals surface area contributed by atoms with Crippen LogP contribution in [0.15, 0.2) is 18.2 Å². The standard InChI is InChI=1S/C16H26N2O2/c1-13(2)11-17-12-14-4-5-15(16(10-14)19-3)18-6-8-20-9-7-18/h4-5,10,13,17H,6-9,11-12H2,1-3H3. The van der Waals surface area contributed by atoms with E-state index in [1.54, 1.807) is 7.11 Å². The van der Waals surface area contributed by atoms with Crippen LogP contribution in [0.2, 0.25) is 0 Å². The summed E-state index contributed by atoms with van der Waals surface area (Å²) in [6, 6.07) is 6.48. The Morgan fingerprint density at radius 1 is 1.30 bits per heavy atom. The molecule has 1 N–H and O–H groups in total. The zero-order valence-electron chi connectivity index (χ0n) is 12.8. The molecule has 1 fully saturated rings. The van der Waals surface area contributed by atoms with Gasteiger partial charge in [-0.2, -0.15) is 0 Å². The van der Waals surface area contributed by atoms with Gasteiger partial charge < -0.3 is 19.7 Å². The number of anilines is 1. The summed E-state index contributed by atoms with van der Waals surface area (Å²) in [5.74, 6) is 1.63. The fraction of sp³-hybridized carbons (Fsp3) is 0.625. The van der Waals surface area contributed by atoms with Crippen molar-refractivity contribution in [3.05, 3.63) is 23.8 Å². The first-order chi connectivity index (χ1) is 9.70. The fourth-order valence-electron chi connectivity index (χ4n) is 2.40. The summed E-state index contributed by atoms with van der Waals surface area (Å²) in [7, 11) is 1.74. The summed E-state index contributed by atoms with van der Waals surface area (Å²) in [6.45, 7) is 9.81. The Balaban J connectivity index is 2.03. The minimum atomic E-state index is 0.671. The summed E-state index contributed by atoms with van der Waals surface area (Å²) >= 11 is 0. The second-order valence-corrected chi connectivity index (χ2v) is 5.63. The SMILES string of the molecule is COc1cc(CNCC(C)C)ccc1N1CCOCC1. The van der Waals surface area contributed by atoms with E-state index in [1.165, 1.54) is 11.3 Å². The number of methoxy groups -OCH3 is 1. The van der Waals surface area contributed by atoms with Crippen LogP contribution in [0.5, 0.6) is 5.75 Å². The number of nitrogens with one attached hydrogen (secondary N) is 1. The first-order valence-electron chi connectivity index (χ1n) is 7.41. The van der Waals surface area contributed by atoms with Crippen molar-refractivity contribution in [2.45, 2.75) is 20.4 Å². The van der Waals surface area contributed by atoms with E-state index in [-0.39, 0.29) is 0 Å². The topological polar surface area (TPSA) is 33.7 Å². The summed E-state index contributed by atoms with van der Waals surface area (Å²) in [5.41, 5.74) is 2.43. The van der Waals surface area contributed by atoms with Crippen LogP contribution in [0, 0.1) is 5.92 Å². The van der Waals surface area contributed by atoms with Crippen LogP contribution in [0.25, 0.3) is 0 Å². The van der Waals surface area contributed by atoms with E-state index in [9.17, 15) is 0 Å². The third-order valence-corrected chi connectivity index (χ3v) is 3.48. The van der Waals surface area contributed by atoms with Crippen LogP contribution >= 0.6 is 0 Å². The molecule has 0 unspecified atom stereocenters. The lowest BCUT2D eigenvalue weighted by atomic mass is 10.1. The van der Waals surface area contributed by atoms with Gasteiger partial charge in [0.1, 0.15) is 5.75 Å². The molecule has 4 heteroatoms. The Morgan fingerprint density at radius 3 is 2.70 bits per heavy atom. The molecule has 1 heterocycles. The number of rotatable bonds is 6. The number of benzene rings is 1. The molecule has 1 aliphatic rings. The van der Waals surface area contributed by atoms with E-state index in [0.29, 0.717) is 5.92 Å². The second-order valence-electron chi connectivity index (χ2n) is 5.63. The predicted molar refractivity (Wildman–Crippen MR) is 82.6 cm³/mol. The molecular weight excluding hydrogens is 252 g/mol. The van der Waals surface area contributed by atoms with Crippen LogP contribution in [0.3, 0.4) is 0 Å². The average molecular weight is 278 g/mol. The Labute approximate surface area is 122 Å². The smallest absolute Gasteiger partial charge is 0.142 e. The van der Waals surface area contributed by atoms with E-state index in [4.69, 9.17) is 9.47 Å². The van der Waals surface area contributed by atoms with E-state index in [0.717, 1.165) is 45.1 Å². The van der Waals surface area contributed by atoms with Crippen LogP contribution in [-0.4, -0.2) is 40.0 Å². The molecule has 112 valence electrons. The zero-order chi connectivity index (χ0) is 14.4. The van der Waals surface area contributed by atoms with Gasteiger partial charge in [0.2, 0.25) is 0 Å². The number of hydrogen-bond acceptors (Lipinski definition) is 4. The lowest BCUT2D eigenvalue weighted by Gasteiger charge is -2.30. The van der Waals surface area contributed by atoms with Crippen LogP contribution in [-0.2, 0) is 11.3 Å². The van der Waals surface area contributed by atoms with Gasteiger partial charge in [-0.1, -0.05) is 19.9 Å². The molecule has 0 aliphatic carbocycles. The third kappa shape index (κ3) is 4.12. The lowest BCUT2D eigenvalue weighted by molar-refractivity contribution is 0.122. The highest BCUT2D eigenvalue weighted by molar-refractivity contribution is 5.60. The van der Waals surface area contributed by atoms with Gasteiger partial charge in [0.25, 0.3) is 0 Å². The molecule has 1 aromatic carbocycles. The van der Waals surface area contributed by atoms with Crippen molar-refractivity contribution in [1.29, 1.82) is 0 Å². The van der Waals surface area contributed by atoms with Crippen molar-refractivity contribution in [3.63, 3.8) is 0 Å². The van der Waals surface area contributed by atoms with Crippen molar-refractivity contribution < 1.29 is 9.47 Å². The van der Waals surface area contributed by atoms with Crippen molar-refractivity contribution in [2.75, 3.05) is 44.9 Å². The van der Waals surface area contributed by atoms with Crippen molar-refractivity contribution >= 4 is 5.69 Å².